The zero-order valence-electron chi connectivity index (χ0n) is 12.1. The lowest BCUT2D eigenvalue weighted by atomic mass is 10.1. The Morgan fingerprint density at radius 2 is 2.00 bits per heavy atom. The van der Waals surface area contributed by atoms with Crippen molar-refractivity contribution in [2.45, 2.75) is 13.0 Å². The van der Waals surface area contributed by atoms with Crippen LogP contribution in [-0.2, 0) is 4.84 Å². The van der Waals surface area contributed by atoms with Gasteiger partial charge >= 0.3 is 0 Å². The van der Waals surface area contributed by atoms with Crippen LogP contribution in [0.25, 0.3) is 5.69 Å². The number of oxime groups is 1. The molecule has 2 aromatic rings. The normalized spacial score (nSPS) is 16.3. The fraction of sp³-hybridized carbons (Fsp3) is 0.312. The first-order chi connectivity index (χ1) is 9.68. The van der Waals surface area contributed by atoms with E-state index < -0.39 is 0 Å². The van der Waals surface area contributed by atoms with Crippen LogP contribution in [0.2, 0.25) is 0 Å². The van der Waals surface area contributed by atoms with E-state index in [0.717, 1.165) is 22.7 Å². The van der Waals surface area contributed by atoms with Crippen LogP contribution >= 0.6 is 0 Å². The lowest BCUT2D eigenvalue weighted by molar-refractivity contribution is 0.0922. The van der Waals surface area contributed by atoms with E-state index in [2.05, 4.69) is 45.9 Å². The van der Waals surface area contributed by atoms with Gasteiger partial charge < -0.3 is 14.3 Å². The van der Waals surface area contributed by atoms with Crippen molar-refractivity contribution in [2.24, 2.45) is 5.16 Å². The molecule has 4 heteroatoms. The Labute approximate surface area is 119 Å². The van der Waals surface area contributed by atoms with E-state index in [1.807, 2.05) is 32.3 Å². The van der Waals surface area contributed by atoms with Gasteiger partial charge in [-0.1, -0.05) is 23.4 Å². The Balaban J connectivity index is 1.87. The van der Waals surface area contributed by atoms with Crippen LogP contribution in [0.15, 0.2) is 47.8 Å². The Morgan fingerprint density at radius 3 is 2.80 bits per heavy atom. The van der Waals surface area contributed by atoms with Gasteiger partial charge in [0.25, 0.3) is 0 Å². The number of fused-ring (bicyclic) bond motifs is 3. The Kier molecular flexibility index (Phi) is 3.32. The number of hydrogen-bond acceptors (Lipinski definition) is 3. The van der Waals surface area contributed by atoms with E-state index in [1.54, 1.807) is 0 Å². The summed E-state index contributed by atoms with van der Waals surface area (Å²) >= 11 is 0. The van der Waals surface area contributed by atoms with Gasteiger partial charge in [-0.25, -0.2) is 0 Å². The lowest BCUT2D eigenvalue weighted by Gasteiger charge is -2.17. The van der Waals surface area contributed by atoms with Gasteiger partial charge in [0, 0.05) is 17.8 Å². The van der Waals surface area contributed by atoms with E-state index in [1.165, 1.54) is 0 Å². The van der Waals surface area contributed by atoms with Crippen LogP contribution in [0.4, 0.5) is 0 Å². The number of aromatic nitrogens is 1. The molecule has 0 fully saturated rings. The van der Waals surface area contributed by atoms with Gasteiger partial charge in [0.1, 0.15) is 12.3 Å². The third kappa shape index (κ3) is 2.12. The number of rotatable bonds is 4. The zero-order valence-corrected chi connectivity index (χ0v) is 12.1. The van der Waals surface area contributed by atoms with Crippen LogP contribution in [-0.4, -0.2) is 41.9 Å². The van der Waals surface area contributed by atoms with Gasteiger partial charge in [0.15, 0.2) is 0 Å². The fourth-order valence-corrected chi connectivity index (χ4v) is 2.26. The summed E-state index contributed by atoms with van der Waals surface area (Å²) in [5.74, 6) is 0. The van der Waals surface area contributed by atoms with Crippen LogP contribution < -0.4 is 0 Å². The summed E-state index contributed by atoms with van der Waals surface area (Å²) in [5, 5.41) is 4.37. The largest absolute Gasteiger partial charge is 0.394 e. The fourth-order valence-electron chi connectivity index (χ4n) is 2.26. The molecule has 1 aliphatic heterocycles. The minimum Gasteiger partial charge on any atom is -0.394 e. The van der Waals surface area contributed by atoms with E-state index in [9.17, 15) is 0 Å². The van der Waals surface area contributed by atoms with Crippen LogP contribution in [0.3, 0.4) is 0 Å². The molecule has 0 amide bonds. The molecule has 1 aliphatic rings. The number of nitrogens with zero attached hydrogens (tertiary/aromatic N) is 3. The minimum absolute atomic E-state index is 0.336. The maximum atomic E-state index is 5.56. The quantitative estimate of drug-likeness (QED) is 0.681. The third-order valence-electron chi connectivity index (χ3n) is 3.76. The first-order valence-corrected chi connectivity index (χ1v) is 6.82. The molecule has 20 heavy (non-hydrogen) atoms. The molecule has 0 aliphatic carbocycles. The second kappa shape index (κ2) is 5.13. The summed E-state index contributed by atoms with van der Waals surface area (Å²) in [6.07, 6.45) is 2.05. The van der Waals surface area contributed by atoms with E-state index in [-0.39, 0.29) is 0 Å². The highest BCUT2D eigenvalue weighted by Gasteiger charge is 2.24. The molecule has 1 unspecified atom stereocenters. The minimum atomic E-state index is 0.336. The second-order valence-corrected chi connectivity index (χ2v) is 5.33. The molecule has 0 saturated heterocycles. The molecule has 0 spiro atoms. The average Bonchev–Trinajstić information content (AvgIpc) is 3.01. The summed E-state index contributed by atoms with van der Waals surface area (Å²) < 4.78 is 2.15. The van der Waals surface area contributed by atoms with Crippen molar-refractivity contribution in [1.29, 1.82) is 0 Å². The number of hydrogen-bond donors (Lipinski definition) is 0. The van der Waals surface area contributed by atoms with Crippen molar-refractivity contribution >= 4 is 5.71 Å². The molecule has 0 saturated carbocycles. The van der Waals surface area contributed by atoms with Gasteiger partial charge in [-0.2, -0.15) is 0 Å². The molecule has 0 bridgehead atoms. The summed E-state index contributed by atoms with van der Waals surface area (Å²) in [7, 11) is 4.08. The standard InChI is InChI=1S/C16H19N3O/c1-12(18(2)3)11-20-17-16-13-7-4-5-8-14(13)19-10-6-9-15(16)19/h4-10,12H,11H2,1-3H3/b17-16-. The van der Waals surface area contributed by atoms with Gasteiger partial charge in [0.05, 0.1) is 11.4 Å². The molecule has 3 rings (SSSR count). The molecular formula is C16H19N3O. The molecule has 4 nitrogen and oxygen atoms in total. The number of benzene rings is 1. The first-order valence-electron chi connectivity index (χ1n) is 6.82. The lowest BCUT2D eigenvalue weighted by Crippen LogP contribution is -2.28. The highest BCUT2D eigenvalue weighted by molar-refractivity contribution is 6.17. The Morgan fingerprint density at radius 1 is 1.20 bits per heavy atom. The van der Waals surface area contributed by atoms with Gasteiger partial charge in [-0.3, -0.25) is 0 Å². The molecule has 1 atom stereocenters. The van der Waals surface area contributed by atoms with Gasteiger partial charge in [-0.05, 0) is 39.2 Å². The molecule has 0 N–H and O–H groups in total. The average molecular weight is 269 g/mol. The molecular weight excluding hydrogens is 250 g/mol. The Bertz CT molecular complexity index is 643. The van der Waals surface area contributed by atoms with E-state index in [0.29, 0.717) is 12.6 Å². The van der Waals surface area contributed by atoms with Crippen molar-refractivity contribution in [2.75, 3.05) is 20.7 Å². The van der Waals surface area contributed by atoms with Gasteiger partial charge in [-0.15, -0.1) is 0 Å². The second-order valence-electron chi connectivity index (χ2n) is 5.33. The van der Waals surface area contributed by atoms with Crippen LogP contribution in [0, 0.1) is 0 Å². The summed E-state index contributed by atoms with van der Waals surface area (Å²) in [6.45, 7) is 2.70. The number of para-hydroxylation sites is 1. The number of likely N-dealkylation sites (N-methyl/N-ethyl adjacent to an activating group) is 1. The molecule has 1 aromatic heterocycles. The summed E-state index contributed by atoms with van der Waals surface area (Å²) in [5.41, 5.74) is 4.29. The van der Waals surface area contributed by atoms with Gasteiger partial charge in [0.2, 0.25) is 0 Å². The highest BCUT2D eigenvalue weighted by Crippen LogP contribution is 2.28. The SMILES string of the molecule is CC(CO/N=C1/c2ccccc2-n2cccc21)N(C)C. The molecule has 2 heterocycles. The highest BCUT2D eigenvalue weighted by atomic mass is 16.6. The topological polar surface area (TPSA) is 29.8 Å². The van der Waals surface area contributed by atoms with Crippen molar-refractivity contribution in [3.8, 4) is 5.69 Å². The predicted molar refractivity (Wildman–Crippen MR) is 80.5 cm³/mol. The smallest absolute Gasteiger partial charge is 0.136 e. The molecule has 0 radical (unpaired) electrons. The first kappa shape index (κ1) is 12.9. The van der Waals surface area contributed by atoms with Crippen LogP contribution in [0.1, 0.15) is 18.2 Å². The monoisotopic (exact) mass is 269 g/mol. The zero-order chi connectivity index (χ0) is 14.1. The maximum Gasteiger partial charge on any atom is 0.136 e. The maximum absolute atomic E-state index is 5.56. The van der Waals surface area contributed by atoms with E-state index in [4.69, 9.17) is 4.84 Å². The van der Waals surface area contributed by atoms with Crippen molar-refractivity contribution < 1.29 is 4.84 Å². The summed E-state index contributed by atoms with van der Waals surface area (Å²) in [4.78, 5) is 7.67. The van der Waals surface area contributed by atoms with Crippen LogP contribution in [0.5, 0.6) is 0 Å². The molecule has 104 valence electrons. The van der Waals surface area contributed by atoms with E-state index >= 15 is 0 Å². The van der Waals surface area contributed by atoms with Crippen molar-refractivity contribution in [3.05, 3.63) is 53.9 Å². The summed E-state index contributed by atoms with van der Waals surface area (Å²) in [6, 6.07) is 12.7. The Hall–Kier alpha value is -2.07. The predicted octanol–water partition coefficient (Wildman–Crippen LogP) is 2.51. The van der Waals surface area contributed by atoms with Crippen molar-refractivity contribution in [3.63, 3.8) is 0 Å². The third-order valence-corrected chi connectivity index (χ3v) is 3.76. The van der Waals surface area contributed by atoms with Crippen molar-refractivity contribution in [1.82, 2.24) is 9.47 Å². The molecule has 1 aromatic carbocycles.